The van der Waals surface area contributed by atoms with E-state index >= 15 is 0 Å². The number of nitrogen functional groups attached to an aromatic ring is 1. The van der Waals surface area contributed by atoms with Crippen LogP contribution in [0.4, 0.5) is 16.0 Å². The van der Waals surface area contributed by atoms with E-state index in [0.29, 0.717) is 44.5 Å². The van der Waals surface area contributed by atoms with Gasteiger partial charge in [-0.15, -0.1) is 0 Å². The van der Waals surface area contributed by atoms with Crippen molar-refractivity contribution in [2.24, 2.45) is 0 Å². The van der Waals surface area contributed by atoms with Crippen molar-refractivity contribution in [3.63, 3.8) is 0 Å². The van der Waals surface area contributed by atoms with Gasteiger partial charge in [0.15, 0.2) is 0 Å². The van der Waals surface area contributed by atoms with Crippen molar-refractivity contribution in [2.45, 2.75) is 39.2 Å². The highest BCUT2D eigenvalue weighted by molar-refractivity contribution is 6.35. The summed E-state index contributed by atoms with van der Waals surface area (Å²) in [6.45, 7) is 8.19. The normalized spacial score (nSPS) is 12.0. The molecular formula is C31H27ClFN7O. The maximum absolute atomic E-state index is 14.0. The van der Waals surface area contributed by atoms with Gasteiger partial charge in [-0.25, -0.2) is 24.3 Å². The molecule has 3 N–H and O–H groups in total. The van der Waals surface area contributed by atoms with Crippen LogP contribution in [0, 0.1) is 17.7 Å². The predicted molar refractivity (Wildman–Crippen MR) is 160 cm³/mol. The van der Waals surface area contributed by atoms with E-state index in [-0.39, 0.29) is 16.8 Å². The third-order valence-electron chi connectivity index (χ3n) is 6.50. The largest absolute Gasteiger partial charge is 0.382 e. The Morgan fingerprint density at radius 2 is 1.83 bits per heavy atom. The van der Waals surface area contributed by atoms with Crippen LogP contribution in [-0.2, 0) is 5.41 Å². The molecule has 5 rings (SSSR count). The number of aromatic nitrogens is 5. The molecule has 206 valence electrons. The van der Waals surface area contributed by atoms with Crippen molar-refractivity contribution < 1.29 is 4.39 Å². The van der Waals surface area contributed by atoms with Gasteiger partial charge in [0.25, 0.3) is 5.56 Å². The highest BCUT2D eigenvalue weighted by atomic mass is 35.5. The molecule has 0 radical (unpaired) electrons. The van der Waals surface area contributed by atoms with Crippen molar-refractivity contribution >= 4 is 34.1 Å². The molecule has 1 atom stereocenters. The Balaban J connectivity index is 1.64. The second kappa shape index (κ2) is 11.0. The molecule has 1 unspecified atom stereocenters. The minimum absolute atomic E-state index is 0.142. The van der Waals surface area contributed by atoms with Crippen LogP contribution < -0.4 is 16.6 Å². The molecule has 8 nitrogen and oxygen atoms in total. The van der Waals surface area contributed by atoms with E-state index in [2.05, 4.69) is 52.9 Å². The first kappa shape index (κ1) is 27.7. The van der Waals surface area contributed by atoms with E-state index in [1.165, 1.54) is 18.5 Å². The number of nitrogens with two attached hydrogens (primary N) is 1. The van der Waals surface area contributed by atoms with Gasteiger partial charge in [0.05, 0.1) is 33.9 Å². The predicted octanol–water partition coefficient (Wildman–Crippen LogP) is 5.82. The average molecular weight is 568 g/mol. The third-order valence-corrected chi connectivity index (χ3v) is 6.82. The Labute approximate surface area is 241 Å². The van der Waals surface area contributed by atoms with Gasteiger partial charge in [0.1, 0.15) is 40.9 Å². The number of benzene rings is 2. The van der Waals surface area contributed by atoms with Crippen molar-refractivity contribution in [2.75, 3.05) is 11.1 Å². The Kier molecular flexibility index (Phi) is 7.43. The SMILES string of the molecule is CC(Nc1ncnc(N)c1C#Cc1ccc(F)cn1)c1nc2cccc(Cl)c2c(=O)n1-c1cccc(C(C)(C)C)c1. The van der Waals surface area contributed by atoms with E-state index in [9.17, 15) is 9.18 Å². The van der Waals surface area contributed by atoms with Crippen molar-refractivity contribution in [3.8, 4) is 17.5 Å². The van der Waals surface area contributed by atoms with E-state index in [4.69, 9.17) is 22.3 Å². The molecule has 0 spiro atoms. The second-order valence-electron chi connectivity index (χ2n) is 10.5. The van der Waals surface area contributed by atoms with Crippen LogP contribution in [0.25, 0.3) is 16.6 Å². The Morgan fingerprint density at radius 3 is 2.56 bits per heavy atom. The summed E-state index contributed by atoms with van der Waals surface area (Å²) in [6, 6.07) is 15.2. The molecule has 0 aliphatic rings. The van der Waals surface area contributed by atoms with Crippen molar-refractivity contribution in [1.82, 2.24) is 24.5 Å². The van der Waals surface area contributed by atoms with Crippen LogP contribution >= 0.6 is 11.6 Å². The molecule has 5 aromatic rings. The van der Waals surface area contributed by atoms with Crippen LogP contribution in [0.5, 0.6) is 0 Å². The fourth-order valence-corrected chi connectivity index (χ4v) is 4.59. The van der Waals surface area contributed by atoms with E-state index in [0.717, 1.165) is 11.8 Å². The minimum atomic E-state index is -0.539. The first-order chi connectivity index (χ1) is 19.5. The molecule has 2 aromatic carbocycles. The van der Waals surface area contributed by atoms with E-state index < -0.39 is 11.9 Å². The molecule has 0 fully saturated rings. The number of anilines is 2. The lowest BCUT2D eigenvalue weighted by atomic mass is 9.87. The third kappa shape index (κ3) is 5.74. The molecule has 0 bridgehead atoms. The first-order valence-electron chi connectivity index (χ1n) is 12.9. The smallest absolute Gasteiger partial charge is 0.267 e. The molecule has 0 saturated heterocycles. The van der Waals surface area contributed by atoms with Crippen molar-refractivity contribution in [3.05, 3.63) is 111 Å². The van der Waals surface area contributed by atoms with Gasteiger partial charge in [0, 0.05) is 0 Å². The van der Waals surface area contributed by atoms with Gasteiger partial charge in [-0.05, 0) is 60.2 Å². The molecule has 3 heterocycles. The molecule has 41 heavy (non-hydrogen) atoms. The number of hydrogen-bond donors (Lipinski definition) is 2. The van der Waals surface area contributed by atoms with Gasteiger partial charge in [-0.2, -0.15) is 0 Å². The standard InChI is InChI=1S/C31H27ClFN7O/c1-18(38-28-23(27(34)36-17-37-28)14-13-21-12-11-20(33)16-35-21)29-39-25-10-6-9-24(32)26(25)30(41)40(29)22-8-5-7-19(15-22)31(2,3)4/h5-12,15-18H,1-4H3,(H3,34,36,37,38). The first-order valence-corrected chi connectivity index (χ1v) is 13.2. The highest BCUT2D eigenvalue weighted by Gasteiger charge is 2.22. The lowest BCUT2D eigenvalue weighted by molar-refractivity contribution is 0.589. The summed E-state index contributed by atoms with van der Waals surface area (Å²) in [5, 5.41) is 3.96. The quantitative estimate of drug-likeness (QED) is 0.263. The molecular weight excluding hydrogens is 541 g/mol. The van der Waals surface area contributed by atoms with Gasteiger partial charge < -0.3 is 11.1 Å². The number of nitrogens with zero attached hydrogens (tertiary/aromatic N) is 5. The van der Waals surface area contributed by atoms with Crippen LogP contribution in [0.2, 0.25) is 5.02 Å². The summed E-state index contributed by atoms with van der Waals surface area (Å²) in [6.07, 6.45) is 2.40. The van der Waals surface area contributed by atoms with Crippen LogP contribution in [0.3, 0.4) is 0 Å². The molecule has 3 aromatic heterocycles. The number of pyridine rings is 1. The molecule has 0 amide bonds. The van der Waals surface area contributed by atoms with E-state index in [1.54, 1.807) is 22.8 Å². The number of fused-ring (bicyclic) bond motifs is 1. The monoisotopic (exact) mass is 567 g/mol. The fraction of sp³-hybridized carbons (Fsp3) is 0.194. The van der Waals surface area contributed by atoms with Crippen LogP contribution in [0.15, 0.2) is 71.9 Å². The topological polar surface area (TPSA) is 112 Å². The summed E-state index contributed by atoms with van der Waals surface area (Å²) in [7, 11) is 0. The zero-order valence-corrected chi connectivity index (χ0v) is 23.7. The Bertz CT molecular complexity index is 1890. The zero-order chi connectivity index (χ0) is 29.3. The van der Waals surface area contributed by atoms with Gasteiger partial charge >= 0.3 is 0 Å². The number of nitrogens with one attached hydrogen (secondary N) is 1. The molecule has 0 aliphatic carbocycles. The maximum atomic E-state index is 14.0. The summed E-state index contributed by atoms with van der Waals surface area (Å²) < 4.78 is 14.8. The average Bonchev–Trinajstić information content (AvgIpc) is 2.93. The minimum Gasteiger partial charge on any atom is -0.382 e. The van der Waals surface area contributed by atoms with Gasteiger partial charge in [0.2, 0.25) is 0 Å². The fourth-order valence-electron chi connectivity index (χ4n) is 4.34. The lowest BCUT2D eigenvalue weighted by Crippen LogP contribution is -2.28. The molecule has 0 saturated carbocycles. The number of rotatable bonds is 4. The van der Waals surface area contributed by atoms with Gasteiger partial charge in [-0.3, -0.25) is 9.36 Å². The Morgan fingerprint density at radius 1 is 1.05 bits per heavy atom. The van der Waals surface area contributed by atoms with Gasteiger partial charge in [-0.1, -0.05) is 56.5 Å². The van der Waals surface area contributed by atoms with E-state index in [1.807, 2.05) is 31.2 Å². The summed E-state index contributed by atoms with van der Waals surface area (Å²) in [5.41, 5.74) is 8.60. The second-order valence-corrected chi connectivity index (χ2v) is 10.9. The van der Waals surface area contributed by atoms with Crippen molar-refractivity contribution in [1.29, 1.82) is 0 Å². The highest BCUT2D eigenvalue weighted by Crippen LogP contribution is 2.28. The number of hydrogen-bond acceptors (Lipinski definition) is 7. The molecule has 10 heteroatoms. The Hall–Kier alpha value is -4.81. The summed E-state index contributed by atoms with van der Waals surface area (Å²) >= 11 is 6.48. The summed E-state index contributed by atoms with van der Waals surface area (Å²) in [5.74, 6) is 6.28. The molecule has 0 aliphatic heterocycles. The lowest BCUT2D eigenvalue weighted by Gasteiger charge is -2.23. The van der Waals surface area contributed by atoms with Crippen LogP contribution in [0.1, 0.15) is 56.4 Å². The maximum Gasteiger partial charge on any atom is 0.267 e. The van der Waals surface area contributed by atoms with Crippen LogP contribution in [-0.4, -0.2) is 24.5 Å². The summed E-state index contributed by atoms with van der Waals surface area (Å²) in [4.78, 5) is 31.3. The zero-order valence-electron chi connectivity index (χ0n) is 22.9. The number of halogens is 2.